The number of hydrogen-bond acceptors (Lipinski definition) is 7. The maximum Gasteiger partial charge on any atom is 0.264 e. The van der Waals surface area contributed by atoms with E-state index < -0.39 is 23.9 Å². The Kier molecular flexibility index (Phi) is 6.95. The fraction of sp³-hybridized carbons (Fsp3) is 0.314. The number of amides is 3. The van der Waals surface area contributed by atoms with Crippen molar-refractivity contribution in [2.75, 3.05) is 11.4 Å². The van der Waals surface area contributed by atoms with Crippen LogP contribution in [0.1, 0.15) is 53.1 Å². The number of hydrazone groups is 1. The Bertz CT molecular complexity index is 1730. The van der Waals surface area contributed by atoms with Crippen LogP contribution in [-0.4, -0.2) is 52.1 Å². The maximum absolute atomic E-state index is 14.1. The number of rotatable bonds is 5. The number of hydrogen-bond donors (Lipinski definition) is 0. The zero-order valence-electron chi connectivity index (χ0n) is 25.1. The summed E-state index contributed by atoms with van der Waals surface area (Å²) in [6.45, 7) is 5.84. The lowest BCUT2D eigenvalue weighted by Gasteiger charge is -2.30. The second-order valence-corrected chi connectivity index (χ2v) is 12.2. The molecule has 9 heteroatoms. The van der Waals surface area contributed by atoms with Crippen molar-refractivity contribution in [1.29, 1.82) is 0 Å². The molecule has 1 aliphatic carbocycles. The minimum Gasteiger partial charge on any atom is -0.271 e. The van der Waals surface area contributed by atoms with E-state index in [9.17, 15) is 14.4 Å². The number of carbonyl (C=O) groups is 3. The lowest BCUT2D eigenvalue weighted by Crippen LogP contribution is -2.45. The van der Waals surface area contributed by atoms with Crippen LogP contribution in [0.25, 0.3) is 6.08 Å². The van der Waals surface area contributed by atoms with Crippen LogP contribution in [-0.2, 0) is 14.4 Å². The molecule has 3 aromatic carbocycles. The number of carbonyl (C=O) groups excluding carboxylic acids is 3. The lowest BCUT2D eigenvalue weighted by atomic mass is 9.77. The van der Waals surface area contributed by atoms with Crippen LogP contribution in [0.2, 0.25) is 0 Å². The van der Waals surface area contributed by atoms with E-state index in [-0.39, 0.29) is 24.4 Å². The number of allylic oxidation sites excluding steroid dienone is 1. The van der Waals surface area contributed by atoms with Gasteiger partial charge in [0.1, 0.15) is 6.54 Å². The van der Waals surface area contributed by atoms with Gasteiger partial charge in [-0.25, -0.2) is 9.91 Å². The Morgan fingerprint density at radius 3 is 2.16 bits per heavy atom. The highest BCUT2D eigenvalue weighted by Gasteiger charge is 2.55. The van der Waals surface area contributed by atoms with Gasteiger partial charge in [-0.05, 0) is 74.9 Å². The Morgan fingerprint density at radius 2 is 1.48 bits per heavy atom. The van der Waals surface area contributed by atoms with Crippen LogP contribution >= 0.6 is 0 Å². The Labute approximate surface area is 256 Å². The van der Waals surface area contributed by atoms with Gasteiger partial charge in [-0.2, -0.15) is 10.2 Å². The molecule has 3 aliphatic heterocycles. The first-order chi connectivity index (χ1) is 21.3. The first-order valence-electron chi connectivity index (χ1n) is 15.1. The van der Waals surface area contributed by atoms with Crippen molar-refractivity contribution in [3.8, 4) is 0 Å². The molecular formula is C35H34N6O3. The molecule has 0 spiro atoms. The van der Waals surface area contributed by atoms with Gasteiger partial charge in [-0.3, -0.25) is 19.4 Å². The third-order valence-corrected chi connectivity index (χ3v) is 9.04. The van der Waals surface area contributed by atoms with Gasteiger partial charge in [-0.1, -0.05) is 82.6 Å². The van der Waals surface area contributed by atoms with Crippen molar-refractivity contribution in [1.82, 2.24) is 10.0 Å². The normalized spacial score (nSPS) is 25.1. The van der Waals surface area contributed by atoms with E-state index in [0.29, 0.717) is 5.69 Å². The van der Waals surface area contributed by atoms with E-state index in [1.54, 1.807) is 17.1 Å². The molecule has 44 heavy (non-hydrogen) atoms. The number of benzene rings is 3. The minimum atomic E-state index is -0.971. The number of fused-ring (bicyclic) bond motifs is 2. The topological polar surface area (TPSA) is 98.0 Å². The Hall–Kier alpha value is -4.92. The first kappa shape index (κ1) is 27.9. The predicted molar refractivity (Wildman–Crippen MR) is 168 cm³/mol. The maximum atomic E-state index is 14.1. The van der Waals surface area contributed by atoms with Crippen molar-refractivity contribution in [2.24, 2.45) is 21.4 Å². The summed E-state index contributed by atoms with van der Waals surface area (Å²) in [7, 11) is 0. The summed E-state index contributed by atoms with van der Waals surface area (Å²) in [4.78, 5) is 42.0. The van der Waals surface area contributed by atoms with Crippen LogP contribution in [0.15, 0.2) is 93.8 Å². The molecule has 7 rings (SSSR count). The zero-order chi connectivity index (χ0) is 30.5. The van der Waals surface area contributed by atoms with Crippen molar-refractivity contribution < 1.29 is 14.4 Å². The average molecular weight is 587 g/mol. The van der Waals surface area contributed by atoms with Gasteiger partial charge < -0.3 is 0 Å². The zero-order valence-corrected chi connectivity index (χ0v) is 25.1. The largest absolute Gasteiger partial charge is 0.271 e. The molecule has 0 aromatic heterocycles. The smallest absolute Gasteiger partial charge is 0.264 e. The van der Waals surface area contributed by atoms with E-state index in [2.05, 4.69) is 71.9 Å². The number of anilines is 1. The lowest BCUT2D eigenvalue weighted by molar-refractivity contribution is -0.136. The number of nitrogens with zero attached hydrogens (tertiary/aromatic N) is 6. The molecule has 0 bridgehead atoms. The van der Waals surface area contributed by atoms with Gasteiger partial charge in [0.25, 0.3) is 17.7 Å². The van der Waals surface area contributed by atoms with E-state index in [1.807, 2.05) is 26.0 Å². The molecule has 0 unspecified atom stereocenters. The van der Waals surface area contributed by atoms with Crippen LogP contribution in [0.4, 0.5) is 5.69 Å². The molecule has 3 heterocycles. The average Bonchev–Trinajstić information content (AvgIpc) is 3.69. The molecule has 222 valence electrons. The van der Waals surface area contributed by atoms with Gasteiger partial charge in [-0.15, -0.1) is 0 Å². The molecule has 2 fully saturated rings. The molecule has 3 amide bonds. The predicted octanol–water partition coefficient (Wildman–Crippen LogP) is 5.73. The molecule has 9 nitrogen and oxygen atoms in total. The fourth-order valence-electron chi connectivity index (χ4n) is 6.68. The molecule has 0 N–H and O–H groups in total. The summed E-state index contributed by atoms with van der Waals surface area (Å²) < 4.78 is 0. The van der Waals surface area contributed by atoms with Gasteiger partial charge >= 0.3 is 0 Å². The van der Waals surface area contributed by atoms with Gasteiger partial charge in [0, 0.05) is 5.92 Å². The van der Waals surface area contributed by atoms with Crippen LogP contribution in [0, 0.1) is 26.7 Å². The van der Waals surface area contributed by atoms with Crippen molar-refractivity contribution in [3.05, 3.63) is 106 Å². The molecule has 0 radical (unpaired) electrons. The van der Waals surface area contributed by atoms with Crippen LogP contribution < -0.4 is 4.90 Å². The quantitative estimate of drug-likeness (QED) is 0.357. The Morgan fingerprint density at radius 1 is 0.841 bits per heavy atom. The molecule has 1 saturated carbocycles. The SMILES string of the molecule is Cc1ccc(/C=C2\CCC[C@@H]3C2=NN(C(=O)CN2N=N[C@@H]4C(=O)N(c5ccc(C)cc5)C(=O)[C@@H]42)[C@@H]3c2ccc(C)cc2)cc1. The van der Waals surface area contributed by atoms with Crippen LogP contribution in [0.3, 0.4) is 0 Å². The van der Waals surface area contributed by atoms with Gasteiger partial charge in [0.2, 0.25) is 0 Å². The number of imide groups is 1. The molecular weight excluding hydrogens is 552 g/mol. The highest BCUT2D eigenvalue weighted by molar-refractivity contribution is 6.25. The van der Waals surface area contributed by atoms with E-state index in [1.165, 1.54) is 10.6 Å². The van der Waals surface area contributed by atoms with Crippen LogP contribution in [0.5, 0.6) is 0 Å². The molecule has 1 saturated heterocycles. The number of aryl methyl sites for hydroxylation is 3. The third kappa shape index (κ3) is 4.82. The van der Waals surface area contributed by atoms with Crippen molar-refractivity contribution in [2.45, 2.75) is 58.2 Å². The summed E-state index contributed by atoms with van der Waals surface area (Å²) in [5.74, 6) is -1.10. The second-order valence-electron chi connectivity index (χ2n) is 12.2. The summed E-state index contributed by atoms with van der Waals surface area (Å²) in [5, 5.41) is 16.2. The standard InChI is InChI=1S/C35H34N6O3/c1-21-7-13-24(14-8-21)19-26-5-4-6-28-30(26)37-41(32(28)25-15-9-22(2)10-16-25)29(42)20-39-33-31(36-38-39)34(43)40(35(33)44)27-17-11-23(3)12-18-27/h7-19,28,31-33H,4-6,20H2,1-3H3/b26-19+/t28-,31+,32-,33-/m1/s1. The summed E-state index contributed by atoms with van der Waals surface area (Å²) in [5.41, 5.74) is 8.06. The van der Waals surface area contributed by atoms with Gasteiger partial charge in [0.05, 0.1) is 17.4 Å². The fourth-order valence-corrected chi connectivity index (χ4v) is 6.68. The van der Waals surface area contributed by atoms with Gasteiger partial charge in [0.15, 0.2) is 12.1 Å². The Balaban J connectivity index is 1.18. The van der Waals surface area contributed by atoms with Crippen molar-refractivity contribution >= 4 is 35.2 Å². The minimum absolute atomic E-state index is 0.0479. The molecule has 3 aromatic rings. The summed E-state index contributed by atoms with van der Waals surface area (Å²) in [6.07, 6.45) is 4.99. The monoisotopic (exact) mass is 586 g/mol. The summed E-state index contributed by atoms with van der Waals surface area (Å²) >= 11 is 0. The summed E-state index contributed by atoms with van der Waals surface area (Å²) in [6, 6.07) is 21.7. The van der Waals surface area contributed by atoms with Crippen molar-refractivity contribution in [3.63, 3.8) is 0 Å². The van der Waals surface area contributed by atoms with E-state index in [0.717, 1.165) is 57.7 Å². The van der Waals surface area contributed by atoms with E-state index in [4.69, 9.17) is 5.10 Å². The molecule has 4 atom stereocenters. The highest BCUT2D eigenvalue weighted by Crippen LogP contribution is 2.45. The van der Waals surface area contributed by atoms with E-state index >= 15 is 0 Å². The first-order valence-corrected chi connectivity index (χ1v) is 15.1. The third-order valence-electron chi connectivity index (χ3n) is 9.04. The second kappa shape index (κ2) is 11.0. The molecule has 4 aliphatic rings. The highest BCUT2D eigenvalue weighted by atomic mass is 16.2.